The summed E-state index contributed by atoms with van der Waals surface area (Å²) in [6, 6.07) is 0.577. The molecule has 0 radical (unpaired) electrons. The van der Waals surface area contributed by atoms with E-state index in [1.165, 1.54) is 49.4 Å². The van der Waals surface area contributed by atoms with Crippen molar-refractivity contribution in [1.29, 1.82) is 0 Å². The Morgan fingerprint density at radius 1 is 1.20 bits per heavy atom. The van der Waals surface area contributed by atoms with Gasteiger partial charge < -0.3 is 5.32 Å². The minimum absolute atomic E-state index is 0.332. The van der Waals surface area contributed by atoms with E-state index >= 15 is 0 Å². The maximum atomic E-state index is 4.75. The third kappa shape index (κ3) is 7.56. The van der Waals surface area contributed by atoms with Crippen molar-refractivity contribution in [2.45, 2.75) is 79.2 Å². The third-order valence-electron chi connectivity index (χ3n) is 3.93. The zero-order valence-corrected chi connectivity index (χ0v) is 15.0. The Balaban J connectivity index is 2.16. The molecule has 1 unspecified atom stereocenters. The van der Waals surface area contributed by atoms with Crippen molar-refractivity contribution < 1.29 is 0 Å². The Hall–Kier alpha value is -0.180. The molecule has 1 N–H and O–H groups in total. The van der Waals surface area contributed by atoms with Crippen molar-refractivity contribution in [3.05, 3.63) is 0 Å². The molecule has 0 amide bonds. The average molecular weight is 299 g/mol. The van der Waals surface area contributed by atoms with E-state index in [9.17, 15) is 0 Å². The largest absolute Gasteiger partial charge is 0.362 e. The molecular formula is C17H34N2S. The van der Waals surface area contributed by atoms with Crippen molar-refractivity contribution in [2.24, 2.45) is 16.3 Å². The van der Waals surface area contributed by atoms with Gasteiger partial charge in [0.25, 0.3) is 0 Å². The van der Waals surface area contributed by atoms with Crippen LogP contribution in [0.15, 0.2) is 4.99 Å². The second-order valence-electron chi connectivity index (χ2n) is 7.48. The van der Waals surface area contributed by atoms with E-state index in [-0.39, 0.29) is 0 Å². The first kappa shape index (κ1) is 17.9. The summed E-state index contributed by atoms with van der Waals surface area (Å²) < 4.78 is 0. The number of hydrogen-bond donors (Lipinski definition) is 1. The fourth-order valence-corrected chi connectivity index (χ4v) is 3.43. The lowest BCUT2D eigenvalue weighted by atomic mass is 9.85. The minimum atomic E-state index is 0.332. The van der Waals surface area contributed by atoms with Gasteiger partial charge in [-0.1, -0.05) is 72.1 Å². The molecule has 1 heterocycles. The highest BCUT2D eigenvalue weighted by Gasteiger charge is 2.28. The number of unbranched alkanes of at least 4 members (excludes halogenated alkanes) is 3. The molecule has 2 nitrogen and oxygen atoms in total. The van der Waals surface area contributed by atoms with Gasteiger partial charge in [0, 0.05) is 18.3 Å². The zero-order valence-electron chi connectivity index (χ0n) is 14.2. The van der Waals surface area contributed by atoms with Crippen LogP contribution in [0.25, 0.3) is 0 Å². The van der Waals surface area contributed by atoms with Crippen LogP contribution in [0.1, 0.15) is 73.1 Å². The van der Waals surface area contributed by atoms with E-state index in [4.69, 9.17) is 4.99 Å². The van der Waals surface area contributed by atoms with Crippen molar-refractivity contribution in [2.75, 3.05) is 12.3 Å². The average Bonchev–Trinajstić information content (AvgIpc) is 2.36. The molecular weight excluding hydrogens is 264 g/mol. The van der Waals surface area contributed by atoms with Gasteiger partial charge in [0.2, 0.25) is 0 Å². The molecule has 1 rings (SSSR count). The normalized spacial score (nSPS) is 22.3. The van der Waals surface area contributed by atoms with Crippen molar-refractivity contribution in [3.63, 3.8) is 0 Å². The number of hydrogen-bond acceptors (Lipinski definition) is 2. The topological polar surface area (TPSA) is 24.4 Å². The van der Waals surface area contributed by atoms with E-state index < -0.39 is 0 Å². The molecule has 0 bridgehead atoms. The number of nitrogens with zero attached hydrogens (tertiary/aromatic N) is 1. The lowest BCUT2D eigenvalue weighted by Gasteiger charge is -2.35. The maximum absolute atomic E-state index is 4.75. The highest BCUT2D eigenvalue weighted by Crippen LogP contribution is 2.27. The first-order valence-corrected chi connectivity index (χ1v) is 9.32. The highest BCUT2D eigenvalue weighted by atomic mass is 32.2. The number of thioether (sulfide) groups is 1. The van der Waals surface area contributed by atoms with Crippen LogP contribution in [0.4, 0.5) is 0 Å². The summed E-state index contributed by atoms with van der Waals surface area (Å²) in [6.07, 6.45) is 7.95. The molecule has 0 aliphatic carbocycles. The smallest absolute Gasteiger partial charge is 0.156 e. The van der Waals surface area contributed by atoms with Crippen LogP contribution in [0.2, 0.25) is 0 Å². The summed E-state index contributed by atoms with van der Waals surface area (Å²) in [6.45, 7) is 12.5. The molecule has 1 aliphatic rings. The van der Waals surface area contributed by atoms with Crippen LogP contribution in [0.3, 0.4) is 0 Å². The molecule has 1 atom stereocenters. The summed E-state index contributed by atoms with van der Waals surface area (Å²) in [5.74, 6) is 2.06. The minimum Gasteiger partial charge on any atom is -0.362 e. The first-order chi connectivity index (χ1) is 9.39. The van der Waals surface area contributed by atoms with Crippen LogP contribution in [-0.2, 0) is 0 Å². The van der Waals surface area contributed by atoms with Gasteiger partial charge in [-0.15, -0.1) is 0 Å². The quantitative estimate of drug-likeness (QED) is 0.662. The summed E-state index contributed by atoms with van der Waals surface area (Å²) in [4.78, 5) is 4.75. The van der Waals surface area contributed by atoms with E-state index in [0.717, 1.165) is 12.5 Å². The van der Waals surface area contributed by atoms with Gasteiger partial charge in [-0.3, -0.25) is 4.99 Å². The summed E-state index contributed by atoms with van der Waals surface area (Å²) in [5.41, 5.74) is 0.332. The molecule has 118 valence electrons. The standard InChI is InChI=1S/C17H34N2S/c1-14(2)10-8-6-7-9-12-18-16-19-15(11-13-20-16)17(3,4)5/h14-15H,6-13H2,1-5H3,(H,18,19). The molecule has 3 heteroatoms. The van der Waals surface area contributed by atoms with Gasteiger partial charge in [-0.05, 0) is 24.2 Å². The monoisotopic (exact) mass is 298 g/mol. The van der Waals surface area contributed by atoms with Gasteiger partial charge in [-0.2, -0.15) is 0 Å². The molecule has 0 aromatic heterocycles. The fourth-order valence-electron chi connectivity index (χ4n) is 2.48. The number of aliphatic imine (C=N–C) groups is 1. The summed E-state index contributed by atoms with van der Waals surface area (Å²) in [7, 11) is 0. The molecule has 0 saturated carbocycles. The highest BCUT2D eigenvalue weighted by molar-refractivity contribution is 8.13. The summed E-state index contributed by atoms with van der Waals surface area (Å²) in [5, 5.41) is 4.80. The van der Waals surface area contributed by atoms with E-state index in [2.05, 4.69) is 39.9 Å². The van der Waals surface area contributed by atoms with Gasteiger partial charge in [0.1, 0.15) is 0 Å². The van der Waals surface area contributed by atoms with Gasteiger partial charge in [0.15, 0.2) is 5.17 Å². The molecule has 1 fully saturated rings. The second kappa shape index (κ2) is 8.96. The van der Waals surface area contributed by atoms with Crippen molar-refractivity contribution >= 4 is 16.9 Å². The van der Waals surface area contributed by atoms with Crippen LogP contribution < -0.4 is 5.32 Å². The third-order valence-corrected chi connectivity index (χ3v) is 4.89. The molecule has 0 aromatic carbocycles. The fraction of sp³-hybridized carbons (Fsp3) is 0.941. The second-order valence-corrected chi connectivity index (χ2v) is 8.57. The molecule has 0 spiro atoms. The van der Waals surface area contributed by atoms with Crippen LogP contribution >= 0.6 is 11.8 Å². The van der Waals surface area contributed by atoms with Crippen molar-refractivity contribution in [1.82, 2.24) is 5.32 Å². The Labute approximate surface area is 130 Å². The van der Waals surface area contributed by atoms with E-state index in [1.54, 1.807) is 0 Å². The maximum Gasteiger partial charge on any atom is 0.156 e. The SMILES string of the molecule is CC(C)CCCCCCN=C1NC(C(C)(C)C)CCS1. The van der Waals surface area contributed by atoms with Gasteiger partial charge in [-0.25, -0.2) is 0 Å². The van der Waals surface area contributed by atoms with E-state index in [0.29, 0.717) is 11.5 Å². The van der Waals surface area contributed by atoms with Crippen LogP contribution in [-0.4, -0.2) is 23.5 Å². The Morgan fingerprint density at radius 3 is 2.55 bits per heavy atom. The lowest BCUT2D eigenvalue weighted by Crippen LogP contribution is -2.46. The molecule has 1 saturated heterocycles. The molecule has 0 aromatic rings. The van der Waals surface area contributed by atoms with Gasteiger partial charge in [0.05, 0.1) is 0 Å². The lowest BCUT2D eigenvalue weighted by molar-refractivity contribution is 0.290. The predicted octanol–water partition coefficient (Wildman–Crippen LogP) is 5.09. The van der Waals surface area contributed by atoms with Crippen LogP contribution in [0, 0.1) is 11.3 Å². The Morgan fingerprint density at radius 2 is 1.90 bits per heavy atom. The predicted molar refractivity (Wildman–Crippen MR) is 93.7 cm³/mol. The molecule has 20 heavy (non-hydrogen) atoms. The summed E-state index contributed by atoms with van der Waals surface area (Å²) >= 11 is 1.89. The van der Waals surface area contributed by atoms with Crippen LogP contribution in [0.5, 0.6) is 0 Å². The molecule has 1 aliphatic heterocycles. The first-order valence-electron chi connectivity index (χ1n) is 8.33. The number of nitrogens with one attached hydrogen (secondary N) is 1. The van der Waals surface area contributed by atoms with E-state index in [1.807, 2.05) is 11.8 Å². The van der Waals surface area contributed by atoms with Gasteiger partial charge >= 0.3 is 0 Å². The number of amidine groups is 1. The number of rotatable bonds is 7. The Bertz CT molecular complexity index is 292. The van der Waals surface area contributed by atoms with Crippen molar-refractivity contribution in [3.8, 4) is 0 Å². The Kier molecular flexibility index (Phi) is 8.01. The zero-order chi connectivity index (χ0) is 15.0.